The zero-order chi connectivity index (χ0) is 9.14. The molecule has 3 nitrogen and oxygen atoms in total. The molecule has 0 aliphatic heterocycles. The third kappa shape index (κ3) is 1.45. The van der Waals surface area contributed by atoms with Crippen LogP contribution >= 0.6 is 0 Å². The Morgan fingerprint density at radius 2 is 2.08 bits per heavy atom. The molecule has 0 heterocycles. The van der Waals surface area contributed by atoms with Crippen LogP contribution in [0.4, 0.5) is 11.4 Å². The molecule has 0 saturated carbocycles. The molecule has 1 aromatic carbocycles. The first-order valence-corrected chi connectivity index (χ1v) is 3.51. The van der Waals surface area contributed by atoms with Crippen LogP contribution in [0.5, 0.6) is 0 Å². The van der Waals surface area contributed by atoms with Crippen LogP contribution in [-0.2, 0) is 0 Å². The predicted molar refractivity (Wildman–Crippen MR) is 52.3 cm³/mol. The summed E-state index contributed by atoms with van der Waals surface area (Å²) in [7, 11) is 0. The van der Waals surface area contributed by atoms with Gasteiger partial charge >= 0.3 is 0 Å². The summed E-state index contributed by atoms with van der Waals surface area (Å²) in [4.78, 5) is 0. The molecule has 0 amide bonds. The second-order valence-electron chi connectivity index (χ2n) is 2.46. The van der Waals surface area contributed by atoms with Gasteiger partial charge in [-0.2, -0.15) is 0 Å². The van der Waals surface area contributed by atoms with Crippen molar-refractivity contribution in [2.75, 3.05) is 11.5 Å². The van der Waals surface area contributed by atoms with E-state index >= 15 is 0 Å². The van der Waals surface area contributed by atoms with Gasteiger partial charge < -0.3 is 16.9 Å². The lowest BCUT2D eigenvalue weighted by Crippen LogP contribution is -2.01. The fourth-order valence-corrected chi connectivity index (χ4v) is 0.917. The number of hydrogen-bond acceptors (Lipinski definition) is 3. The molecule has 0 bridgehead atoms. The van der Waals surface area contributed by atoms with Gasteiger partial charge in [-0.05, 0) is 24.3 Å². The van der Waals surface area contributed by atoms with Crippen molar-refractivity contribution in [2.45, 2.75) is 0 Å². The number of benzene rings is 1. The van der Waals surface area contributed by atoms with Gasteiger partial charge in [0.2, 0.25) is 0 Å². The molecule has 0 fully saturated rings. The van der Waals surface area contributed by atoms with Crippen molar-refractivity contribution in [3.63, 3.8) is 0 Å². The van der Waals surface area contributed by atoms with Crippen molar-refractivity contribution in [3.8, 4) is 0 Å². The minimum absolute atomic E-state index is 0.291. The maximum Gasteiger partial charge on any atom is 0.0627 e. The number of hydrogen-bond donors (Lipinski definition) is 3. The molecule has 1 rings (SSSR count). The van der Waals surface area contributed by atoms with E-state index in [9.17, 15) is 0 Å². The first-order chi connectivity index (χ1) is 5.65. The lowest BCUT2D eigenvalue weighted by atomic mass is 10.1. The van der Waals surface area contributed by atoms with Gasteiger partial charge in [0.1, 0.15) is 0 Å². The third-order valence-corrected chi connectivity index (χ3v) is 1.57. The van der Waals surface area contributed by atoms with Crippen LogP contribution in [0.1, 0.15) is 5.56 Å². The Hall–Kier alpha value is -1.77. The van der Waals surface area contributed by atoms with Crippen LogP contribution in [-0.4, -0.2) is 5.71 Å². The molecule has 12 heavy (non-hydrogen) atoms. The lowest BCUT2D eigenvalue weighted by molar-refractivity contribution is 1.49. The SMILES string of the molecule is C=CC(=N)c1cc(N)ccc1N. The summed E-state index contributed by atoms with van der Waals surface area (Å²) < 4.78 is 0. The molecule has 1 aromatic rings. The summed E-state index contributed by atoms with van der Waals surface area (Å²) in [6.07, 6.45) is 1.44. The van der Waals surface area contributed by atoms with Gasteiger partial charge in [0.15, 0.2) is 0 Å². The maximum atomic E-state index is 7.46. The van der Waals surface area contributed by atoms with Crippen LogP contribution in [0.15, 0.2) is 30.9 Å². The van der Waals surface area contributed by atoms with E-state index < -0.39 is 0 Å². The second-order valence-corrected chi connectivity index (χ2v) is 2.46. The summed E-state index contributed by atoms with van der Waals surface area (Å²) in [5.74, 6) is 0. The second kappa shape index (κ2) is 3.09. The average molecular weight is 161 g/mol. The maximum absolute atomic E-state index is 7.46. The highest BCUT2D eigenvalue weighted by molar-refractivity contribution is 6.10. The van der Waals surface area contributed by atoms with Crippen molar-refractivity contribution in [2.24, 2.45) is 0 Å². The van der Waals surface area contributed by atoms with Gasteiger partial charge in [-0.1, -0.05) is 6.58 Å². The molecule has 0 radical (unpaired) electrons. The Bertz CT molecular complexity index is 329. The largest absolute Gasteiger partial charge is 0.399 e. The molecule has 0 aromatic heterocycles. The Kier molecular flexibility index (Phi) is 2.14. The fourth-order valence-electron chi connectivity index (χ4n) is 0.917. The summed E-state index contributed by atoms with van der Waals surface area (Å²) in [5, 5.41) is 7.46. The molecule has 0 aliphatic carbocycles. The number of allylic oxidation sites excluding steroid dienone is 1. The van der Waals surface area contributed by atoms with Crippen LogP contribution in [0.2, 0.25) is 0 Å². The monoisotopic (exact) mass is 161 g/mol. The summed E-state index contributed by atoms with van der Waals surface area (Å²) >= 11 is 0. The van der Waals surface area contributed by atoms with Gasteiger partial charge in [-0.15, -0.1) is 0 Å². The quantitative estimate of drug-likeness (QED) is 0.453. The van der Waals surface area contributed by atoms with Crippen LogP contribution in [0.25, 0.3) is 0 Å². The molecule has 0 unspecified atom stereocenters. The van der Waals surface area contributed by atoms with Gasteiger partial charge in [-0.25, -0.2) is 0 Å². The molecule has 0 atom stereocenters. The Morgan fingerprint density at radius 1 is 1.42 bits per heavy atom. The number of rotatable bonds is 2. The van der Waals surface area contributed by atoms with E-state index in [2.05, 4.69) is 6.58 Å². The molecule has 62 valence electrons. The van der Waals surface area contributed by atoms with Crippen molar-refractivity contribution in [1.29, 1.82) is 5.41 Å². The standard InChI is InChI=1S/C9H11N3/c1-2-8(11)7-5-6(10)3-4-9(7)12/h2-5,11H,1,10,12H2. The molecular weight excluding hydrogens is 150 g/mol. The van der Waals surface area contributed by atoms with Crippen molar-refractivity contribution in [3.05, 3.63) is 36.4 Å². The number of nitrogen functional groups attached to an aromatic ring is 2. The number of nitrogens with one attached hydrogen (secondary N) is 1. The number of anilines is 2. The molecule has 0 saturated heterocycles. The summed E-state index contributed by atoms with van der Waals surface area (Å²) in [5.41, 5.74) is 13.2. The first kappa shape index (κ1) is 8.33. The van der Waals surface area contributed by atoms with E-state index in [0.717, 1.165) is 0 Å². The Morgan fingerprint density at radius 3 is 2.67 bits per heavy atom. The summed E-state index contributed by atoms with van der Waals surface area (Å²) in [6, 6.07) is 5.05. The zero-order valence-corrected chi connectivity index (χ0v) is 6.67. The highest BCUT2D eigenvalue weighted by Gasteiger charge is 2.01. The molecular formula is C9H11N3. The van der Waals surface area contributed by atoms with E-state index in [0.29, 0.717) is 22.6 Å². The highest BCUT2D eigenvalue weighted by Crippen LogP contribution is 2.16. The third-order valence-electron chi connectivity index (χ3n) is 1.57. The zero-order valence-electron chi connectivity index (χ0n) is 6.67. The first-order valence-electron chi connectivity index (χ1n) is 3.51. The van der Waals surface area contributed by atoms with E-state index in [1.54, 1.807) is 18.2 Å². The van der Waals surface area contributed by atoms with Crippen LogP contribution in [0, 0.1) is 5.41 Å². The minimum atomic E-state index is 0.291. The molecule has 5 N–H and O–H groups in total. The Labute approximate surface area is 71.2 Å². The van der Waals surface area contributed by atoms with Gasteiger partial charge in [0, 0.05) is 16.9 Å². The molecule has 0 spiro atoms. The molecule has 3 heteroatoms. The van der Waals surface area contributed by atoms with E-state index in [1.165, 1.54) is 6.08 Å². The topological polar surface area (TPSA) is 75.9 Å². The fraction of sp³-hybridized carbons (Fsp3) is 0. The average Bonchev–Trinajstić information content (AvgIpc) is 2.08. The smallest absolute Gasteiger partial charge is 0.0627 e. The van der Waals surface area contributed by atoms with Gasteiger partial charge in [-0.3, -0.25) is 0 Å². The predicted octanol–water partition coefficient (Wildman–Crippen LogP) is 1.40. The van der Waals surface area contributed by atoms with Crippen molar-refractivity contribution in [1.82, 2.24) is 0 Å². The summed E-state index contributed by atoms with van der Waals surface area (Å²) in [6.45, 7) is 3.49. The van der Waals surface area contributed by atoms with Gasteiger partial charge in [0.25, 0.3) is 0 Å². The highest BCUT2D eigenvalue weighted by atomic mass is 14.6. The van der Waals surface area contributed by atoms with Crippen LogP contribution in [0.3, 0.4) is 0 Å². The minimum Gasteiger partial charge on any atom is -0.399 e. The Balaban J connectivity index is 3.22. The van der Waals surface area contributed by atoms with E-state index in [4.69, 9.17) is 16.9 Å². The van der Waals surface area contributed by atoms with Crippen LogP contribution < -0.4 is 11.5 Å². The normalized spacial score (nSPS) is 9.33. The molecule has 0 aliphatic rings. The van der Waals surface area contributed by atoms with Crippen molar-refractivity contribution >= 4 is 17.1 Å². The number of nitrogens with two attached hydrogens (primary N) is 2. The lowest BCUT2D eigenvalue weighted by Gasteiger charge is -2.04. The van der Waals surface area contributed by atoms with E-state index in [-0.39, 0.29) is 0 Å². The van der Waals surface area contributed by atoms with Gasteiger partial charge in [0.05, 0.1) is 5.71 Å². The van der Waals surface area contributed by atoms with E-state index in [1.807, 2.05) is 0 Å². The van der Waals surface area contributed by atoms with Crippen molar-refractivity contribution < 1.29 is 0 Å².